The normalized spacial score (nSPS) is 16.7. The van der Waals surface area contributed by atoms with E-state index in [9.17, 15) is 0 Å². The van der Waals surface area contributed by atoms with Gasteiger partial charge in [0, 0.05) is 30.7 Å². The topological polar surface area (TPSA) is 24.8 Å². The standard InChI is InChI=1S/C24H33ClN2O/c1-6-10-13-21(12-7-2)14-11-16-27-18-22(9-4)24(28-19-27)23(20(5)17-25)26-15-8-3/h6-10,12,15H,2,4-5,11,13-14,16-19H2,1,3H3/b10-6-,15-8-,21-12+,26-23?. The molecule has 0 radical (unpaired) electrons. The molecule has 0 saturated heterocycles. The molecule has 0 fully saturated rings. The second-order valence-corrected chi connectivity index (χ2v) is 6.79. The number of ether oxygens (including phenoxy) is 1. The zero-order chi connectivity index (χ0) is 20.8. The lowest BCUT2D eigenvalue weighted by molar-refractivity contribution is 0.0678. The van der Waals surface area contributed by atoms with Crippen LogP contribution in [0, 0.1) is 0 Å². The molecule has 28 heavy (non-hydrogen) atoms. The van der Waals surface area contributed by atoms with Crippen LogP contribution in [0.1, 0.15) is 33.1 Å². The van der Waals surface area contributed by atoms with E-state index in [0.29, 0.717) is 18.3 Å². The fourth-order valence-electron chi connectivity index (χ4n) is 2.87. The molecule has 1 aliphatic rings. The smallest absolute Gasteiger partial charge is 0.151 e. The van der Waals surface area contributed by atoms with E-state index in [1.54, 1.807) is 6.20 Å². The van der Waals surface area contributed by atoms with Crippen LogP contribution < -0.4 is 0 Å². The molecular weight excluding hydrogens is 368 g/mol. The molecule has 0 amide bonds. The maximum atomic E-state index is 6.05. The molecule has 0 aromatic heterocycles. The van der Waals surface area contributed by atoms with Crippen molar-refractivity contribution in [2.45, 2.75) is 33.1 Å². The second-order valence-electron chi connectivity index (χ2n) is 6.52. The molecule has 0 aromatic rings. The summed E-state index contributed by atoms with van der Waals surface area (Å²) in [5, 5.41) is 0. The predicted molar refractivity (Wildman–Crippen MR) is 124 cm³/mol. The molecule has 0 saturated carbocycles. The largest absolute Gasteiger partial charge is 0.476 e. The molecule has 0 aliphatic carbocycles. The lowest BCUT2D eigenvalue weighted by Crippen LogP contribution is -2.35. The SMILES string of the molecule is C=C/C=C(\C/C=C\C)CCCN1COC(C(=N/C=C\C)C(=C)CCl)=C(C=C)C1. The highest BCUT2D eigenvalue weighted by atomic mass is 35.5. The maximum absolute atomic E-state index is 6.05. The summed E-state index contributed by atoms with van der Waals surface area (Å²) in [6.07, 6.45) is 16.8. The van der Waals surface area contributed by atoms with Crippen LogP contribution in [-0.4, -0.2) is 36.3 Å². The van der Waals surface area contributed by atoms with Gasteiger partial charge in [0.05, 0.1) is 0 Å². The Hall–Kier alpha value is -2.10. The number of hydrogen-bond donors (Lipinski definition) is 0. The monoisotopic (exact) mass is 400 g/mol. The number of allylic oxidation sites excluding steroid dienone is 7. The molecule has 0 N–H and O–H groups in total. The van der Waals surface area contributed by atoms with Crippen LogP contribution >= 0.6 is 11.6 Å². The molecule has 152 valence electrons. The Labute approximate surface area is 175 Å². The first kappa shape index (κ1) is 23.9. The lowest BCUT2D eigenvalue weighted by Gasteiger charge is -2.30. The van der Waals surface area contributed by atoms with Gasteiger partial charge in [0.1, 0.15) is 12.4 Å². The van der Waals surface area contributed by atoms with Crippen molar-refractivity contribution < 1.29 is 4.74 Å². The van der Waals surface area contributed by atoms with Crippen molar-refractivity contribution in [3.05, 3.63) is 84.9 Å². The van der Waals surface area contributed by atoms with Gasteiger partial charge < -0.3 is 4.74 Å². The zero-order valence-electron chi connectivity index (χ0n) is 17.3. The number of alkyl halides is 1. The van der Waals surface area contributed by atoms with Gasteiger partial charge in [-0.3, -0.25) is 9.89 Å². The molecule has 0 spiro atoms. The Bertz CT molecular complexity index is 695. The highest BCUT2D eigenvalue weighted by Gasteiger charge is 2.23. The van der Waals surface area contributed by atoms with Gasteiger partial charge in [-0.2, -0.15) is 0 Å². The van der Waals surface area contributed by atoms with Gasteiger partial charge in [-0.25, -0.2) is 0 Å². The van der Waals surface area contributed by atoms with E-state index < -0.39 is 0 Å². The third kappa shape index (κ3) is 7.87. The van der Waals surface area contributed by atoms with Gasteiger partial charge in [-0.1, -0.05) is 61.8 Å². The van der Waals surface area contributed by atoms with E-state index >= 15 is 0 Å². The molecule has 1 heterocycles. The highest BCUT2D eigenvalue weighted by Crippen LogP contribution is 2.22. The Balaban J connectivity index is 2.80. The minimum absolute atomic E-state index is 0.308. The lowest BCUT2D eigenvalue weighted by atomic mass is 10.0. The van der Waals surface area contributed by atoms with Crippen LogP contribution in [0.3, 0.4) is 0 Å². The summed E-state index contributed by atoms with van der Waals surface area (Å²) in [6, 6.07) is 0. The van der Waals surface area contributed by atoms with E-state index in [4.69, 9.17) is 16.3 Å². The Morgan fingerprint density at radius 3 is 2.68 bits per heavy atom. The third-order valence-corrected chi connectivity index (χ3v) is 4.65. The third-order valence-electron chi connectivity index (χ3n) is 4.33. The molecule has 3 nitrogen and oxygen atoms in total. The quantitative estimate of drug-likeness (QED) is 0.165. The van der Waals surface area contributed by atoms with Crippen molar-refractivity contribution in [2.75, 3.05) is 25.7 Å². The zero-order valence-corrected chi connectivity index (χ0v) is 18.0. The molecule has 0 aromatic carbocycles. The molecule has 0 atom stereocenters. The van der Waals surface area contributed by atoms with Gasteiger partial charge in [0.2, 0.25) is 0 Å². The molecule has 0 bridgehead atoms. The van der Waals surface area contributed by atoms with Gasteiger partial charge in [-0.15, -0.1) is 11.6 Å². The fourth-order valence-corrected chi connectivity index (χ4v) is 3.00. The Kier molecular flexibility index (Phi) is 11.9. The van der Waals surface area contributed by atoms with E-state index in [1.165, 1.54) is 5.57 Å². The van der Waals surface area contributed by atoms with Gasteiger partial charge in [0.25, 0.3) is 0 Å². The number of halogens is 1. The summed E-state index contributed by atoms with van der Waals surface area (Å²) < 4.78 is 6.05. The minimum atomic E-state index is 0.308. The number of rotatable bonds is 12. The van der Waals surface area contributed by atoms with Gasteiger partial charge in [0.15, 0.2) is 5.76 Å². The fraction of sp³-hybridized carbons (Fsp3) is 0.375. The van der Waals surface area contributed by atoms with Crippen LogP contribution in [0.5, 0.6) is 0 Å². The van der Waals surface area contributed by atoms with E-state index in [2.05, 4.69) is 47.9 Å². The average molecular weight is 401 g/mol. The van der Waals surface area contributed by atoms with Crippen LogP contribution in [0.4, 0.5) is 0 Å². The van der Waals surface area contributed by atoms with Gasteiger partial charge >= 0.3 is 0 Å². The van der Waals surface area contributed by atoms with Crippen molar-refractivity contribution in [2.24, 2.45) is 4.99 Å². The van der Waals surface area contributed by atoms with Crippen LogP contribution in [0.2, 0.25) is 0 Å². The van der Waals surface area contributed by atoms with E-state index in [0.717, 1.165) is 49.3 Å². The van der Waals surface area contributed by atoms with Crippen molar-refractivity contribution in [1.82, 2.24) is 4.90 Å². The van der Waals surface area contributed by atoms with Crippen LogP contribution in [0.15, 0.2) is 89.9 Å². The second kappa shape index (κ2) is 14.0. The summed E-state index contributed by atoms with van der Waals surface area (Å²) in [4.78, 5) is 6.75. The van der Waals surface area contributed by atoms with Crippen molar-refractivity contribution in [3.8, 4) is 0 Å². The Morgan fingerprint density at radius 2 is 2.07 bits per heavy atom. The predicted octanol–water partition coefficient (Wildman–Crippen LogP) is 6.34. The first-order chi connectivity index (χ1) is 13.6. The summed E-state index contributed by atoms with van der Waals surface area (Å²) in [5.41, 5.74) is 3.85. The number of aliphatic imine (C=N–C) groups is 1. The minimum Gasteiger partial charge on any atom is -0.476 e. The van der Waals surface area contributed by atoms with E-state index in [-0.39, 0.29) is 0 Å². The van der Waals surface area contributed by atoms with Crippen molar-refractivity contribution in [1.29, 1.82) is 0 Å². The van der Waals surface area contributed by atoms with E-state index in [1.807, 2.05) is 32.1 Å². The average Bonchev–Trinajstić information content (AvgIpc) is 2.72. The van der Waals surface area contributed by atoms with Crippen LogP contribution in [0.25, 0.3) is 0 Å². The van der Waals surface area contributed by atoms with Crippen molar-refractivity contribution >= 4 is 17.3 Å². The number of hydrogen-bond acceptors (Lipinski definition) is 3. The Morgan fingerprint density at radius 1 is 1.29 bits per heavy atom. The highest BCUT2D eigenvalue weighted by molar-refractivity contribution is 6.25. The summed E-state index contributed by atoms with van der Waals surface area (Å²) in [7, 11) is 0. The summed E-state index contributed by atoms with van der Waals surface area (Å²) in [6.45, 7) is 18.0. The first-order valence-corrected chi connectivity index (χ1v) is 10.2. The van der Waals surface area contributed by atoms with Crippen LogP contribution in [-0.2, 0) is 4.74 Å². The maximum Gasteiger partial charge on any atom is 0.151 e. The molecular formula is C24H33ClN2O. The van der Waals surface area contributed by atoms with Crippen molar-refractivity contribution in [3.63, 3.8) is 0 Å². The molecule has 1 rings (SSSR count). The van der Waals surface area contributed by atoms with Gasteiger partial charge in [-0.05, 0) is 38.7 Å². The first-order valence-electron chi connectivity index (χ1n) is 9.67. The summed E-state index contributed by atoms with van der Waals surface area (Å²) >= 11 is 5.99. The number of nitrogens with zero attached hydrogens (tertiary/aromatic N) is 2. The molecule has 1 aliphatic heterocycles. The molecule has 0 unspecified atom stereocenters. The molecule has 4 heteroatoms. The summed E-state index contributed by atoms with van der Waals surface area (Å²) in [5.74, 6) is 1.04.